The van der Waals surface area contributed by atoms with Crippen LogP contribution in [0.4, 0.5) is 22.0 Å². The van der Waals surface area contributed by atoms with E-state index >= 15 is 0 Å². The second kappa shape index (κ2) is 7.40. The molecule has 0 unspecified atom stereocenters. The standard InChI is InChI=1S/C18H15F5/c1-2-14(19)17(22)13-7-5-11(6-8-13)3-4-12-9-15(20)18(23)16(21)10-12/h5-10H,2-4H2,1H3/b17-14-. The predicted octanol–water partition coefficient (Wildman–Crippen LogP) is 5.91. The third kappa shape index (κ3) is 4.18. The van der Waals surface area contributed by atoms with Gasteiger partial charge in [0.1, 0.15) is 5.83 Å². The van der Waals surface area contributed by atoms with Crippen LogP contribution in [-0.2, 0) is 12.8 Å². The molecule has 0 aromatic heterocycles. The van der Waals surface area contributed by atoms with Gasteiger partial charge in [0.2, 0.25) is 0 Å². The quantitative estimate of drug-likeness (QED) is 0.473. The lowest BCUT2D eigenvalue weighted by Crippen LogP contribution is -1.97. The summed E-state index contributed by atoms with van der Waals surface area (Å²) in [6, 6.07) is 8.04. The van der Waals surface area contributed by atoms with Crippen LogP contribution < -0.4 is 0 Å². The van der Waals surface area contributed by atoms with Gasteiger partial charge in [-0.15, -0.1) is 0 Å². The Kier molecular flexibility index (Phi) is 5.53. The van der Waals surface area contributed by atoms with Gasteiger partial charge >= 0.3 is 0 Å². The van der Waals surface area contributed by atoms with Crippen molar-refractivity contribution in [2.24, 2.45) is 0 Å². The van der Waals surface area contributed by atoms with Gasteiger partial charge < -0.3 is 0 Å². The molecule has 23 heavy (non-hydrogen) atoms. The van der Waals surface area contributed by atoms with E-state index in [1.807, 2.05) is 0 Å². The van der Waals surface area contributed by atoms with E-state index in [4.69, 9.17) is 0 Å². The molecule has 0 aliphatic heterocycles. The Bertz CT molecular complexity index is 694. The summed E-state index contributed by atoms with van der Waals surface area (Å²) in [6.45, 7) is 1.52. The molecule has 0 radical (unpaired) electrons. The van der Waals surface area contributed by atoms with Crippen LogP contribution in [-0.4, -0.2) is 0 Å². The molecular weight excluding hydrogens is 311 g/mol. The molecule has 5 heteroatoms. The number of rotatable bonds is 5. The van der Waals surface area contributed by atoms with E-state index in [1.54, 1.807) is 12.1 Å². The normalized spacial score (nSPS) is 12.3. The summed E-state index contributed by atoms with van der Waals surface area (Å²) in [4.78, 5) is 0. The van der Waals surface area contributed by atoms with Crippen LogP contribution >= 0.6 is 0 Å². The first-order chi connectivity index (χ1) is 10.9. The lowest BCUT2D eigenvalue weighted by atomic mass is 10.0. The Morgan fingerprint density at radius 2 is 1.35 bits per heavy atom. The van der Waals surface area contributed by atoms with Crippen molar-refractivity contribution in [3.05, 3.63) is 76.4 Å². The van der Waals surface area contributed by atoms with Gasteiger partial charge in [-0.05, 0) is 42.5 Å². The second-order valence-corrected chi connectivity index (χ2v) is 5.14. The maximum absolute atomic E-state index is 13.6. The van der Waals surface area contributed by atoms with E-state index in [-0.39, 0.29) is 12.0 Å². The number of halogens is 5. The van der Waals surface area contributed by atoms with Crippen LogP contribution in [0.15, 0.2) is 42.2 Å². The zero-order valence-electron chi connectivity index (χ0n) is 12.5. The van der Waals surface area contributed by atoms with Crippen LogP contribution in [0.3, 0.4) is 0 Å². The fourth-order valence-corrected chi connectivity index (χ4v) is 2.17. The summed E-state index contributed by atoms with van der Waals surface area (Å²) in [5.74, 6) is -5.63. The fourth-order valence-electron chi connectivity index (χ4n) is 2.17. The van der Waals surface area contributed by atoms with Crippen LogP contribution in [0.1, 0.15) is 30.0 Å². The van der Waals surface area contributed by atoms with Crippen molar-refractivity contribution in [1.29, 1.82) is 0 Å². The van der Waals surface area contributed by atoms with Gasteiger partial charge in [0.05, 0.1) is 0 Å². The lowest BCUT2D eigenvalue weighted by Gasteiger charge is -2.05. The van der Waals surface area contributed by atoms with Crippen molar-refractivity contribution < 1.29 is 22.0 Å². The number of aryl methyl sites for hydroxylation is 2. The minimum atomic E-state index is -1.49. The fraction of sp³-hybridized carbons (Fsp3) is 0.222. The molecule has 0 spiro atoms. The molecule has 0 aliphatic carbocycles. The average Bonchev–Trinajstić information content (AvgIpc) is 2.56. The molecule has 0 aliphatic rings. The third-order valence-corrected chi connectivity index (χ3v) is 3.50. The number of hydrogen-bond donors (Lipinski definition) is 0. The smallest absolute Gasteiger partial charge is 0.194 e. The van der Waals surface area contributed by atoms with E-state index in [2.05, 4.69) is 0 Å². The molecule has 0 atom stereocenters. The first kappa shape index (κ1) is 17.2. The Morgan fingerprint density at radius 3 is 1.87 bits per heavy atom. The van der Waals surface area contributed by atoms with Crippen LogP contribution in [0.2, 0.25) is 0 Å². The molecule has 0 saturated heterocycles. The molecule has 122 valence electrons. The van der Waals surface area contributed by atoms with Gasteiger partial charge in [-0.25, -0.2) is 22.0 Å². The molecule has 0 heterocycles. The average molecular weight is 326 g/mol. The number of allylic oxidation sites excluding steroid dienone is 1. The third-order valence-electron chi connectivity index (χ3n) is 3.50. The largest absolute Gasteiger partial charge is 0.209 e. The van der Waals surface area contributed by atoms with Gasteiger partial charge in [-0.1, -0.05) is 31.2 Å². The van der Waals surface area contributed by atoms with Crippen molar-refractivity contribution >= 4 is 5.83 Å². The van der Waals surface area contributed by atoms with E-state index < -0.39 is 29.1 Å². The van der Waals surface area contributed by atoms with Gasteiger partial charge in [0, 0.05) is 5.56 Å². The molecule has 2 aromatic carbocycles. The molecule has 0 N–H and O–H groups in total. The zero-order chi connectivity index (χ0) is 17.0. The summed E-state index contributed by atoms with van der Waals surface area (Å²) >= 11 is 0. The summed E-state index contributed by atoms with van der Waals surface area (Å²) in [5.41, 5.74) is 1.27. The van der Waals surface area contributed by atoms with Crippen molar-refractivity contribution in [2.45, 2.75) is 26.2 Å². The summed E-state index contributed by atoms with van der Waals surface area (Å²) in [7, 11) is 0. The van der Waals surface area contributed by atoms with Gasteiger partial charge in [-0.3, -0.25) is 0 Å². The molecule has 0 nitrogen and oxygen atoms in total. The maximum atomic E-state index is 13.6. The first-order valence-electron chi connectivity index (χ1n) is 7.19. The van der Waals surface area contributed by atoms with E-state index in [9.17, 15) is 22.0 Å². The molecule has 0 amide bonds. The highest BCUT2D eigenvalue weighted by molar-refractivity contribution is 5.61. The monoisotopic (exact) mass is 326 g/mol. The molecule has 0 fully saturated rings. The zero-order valence-corrected chi connectivity index (χ0v) is 12.5. The Hall–Kier alpha value is -2.17. The Balaban J connectivity index is 2.08. The molecule has 0 saturated carbocycles. The minimum absolute atomic E-state index is 0.0186. The van der Waals surface area contributed by atoms with Gasteiger partial charge in [-0.2, -0.15) is 0 Å². The molecule has 2 rings (SSSR count). The van der Waals surface area contributed by atoms with Crippen LogP contribution in [0.5, 0.6) is 0 Å². The highest BCUT2D eigenvalue weighted by Gasteiger charge is 2.11. The highest BCUT2D eigenvalue weighted by Crippen LogP contribution is 2.24. The summed E-state index contributed by atoms with van der Waals surface area (Å²) in [5, 5.41) is 0. The van der Waals surface area contributed by atoms with Crippen LogP contribution in [0.25, 0.3) is 5.83 Å². The summed E-state index contributed by atoms with van der Waals surface area (Å²) < 4.78 is 65.9. The van der Waals surface area contributed by atoms with Crippen molar-refractivity contribution in [1.82, 2.24) is 0 Å². The highest BCUT2D eigenvalue weighted by atomic mass is 19.2. The minimum Gasteiger partial charge on any atom is -0.209 e. The van der Waals surface area contributed by atoms with Crippen LogP contribution in [0, 0.1) is 17.5 Å². The van der Waals surface area contributed by atoms with E-state index in [0.717, 1.165) is 17.7 Å². The first-order valence-corrected chi connectivity index (χ1v) is 7.19. The van der Waals surface area contributed by atoms with Crippen molar-refractivity contribution in [3.8, 4) is 0 Å². The maximum Gasteiger partial charge on any atom is 0.194 e. The topological polar surface area (TPSA) is 0 Å². The number of benzene rings is 2. The van der Waals surface area contributed by atoms with Crippen molar-refractivity contribution in [3.63, 3.8) is 0 Å². The van der Waals surface area contributed by atoms with Gasteiger partial charge in [0.15, 0.2) is 23.3 Å². The SMILES string of the molecule is CC/C(F)=C(/F)c1ccc(CCc2cc(F)c(F)c(F)c2)cc1. The van der Waals surface area contributed by atoms with E-state index in [0.29, 0.717) is 18.4 Å². The molecule has 2 aromatic rings. The molecular formula is C18H15F5. The Labute approximate surface area is 131 Å². The molecule has 0 bridgehead atoms. The van der Waals surface area contributed by atoms with E-state index in [1.165, 1.54) is 19.1 Å². The predicted molar refractivity (Wildman–Crippen MR) is 79.6 cm³/mol. The number of hydrogen-bond acceptors (Lipinski definition) is 0. The lowest BCUT2D eigenvalue weighted by molar-refractivity contribution is 0.445. The van der Waals surface area contributed by atoms with Gasteiger partial charge in [0.25, 0.3) is 0 Å². The Morgan fingerprint density at radius 1 is 0.826 bits per heavy atom. The summed E-state index contributed by atoms with van der Waals surface area (Å²) in [6.07, 6.45) is 0.719. The van der Waals surface area contributed by atoms with Crippen molar-refractivity contribution in [2.75, 3.05) is 0 Å². The second-order valence-electron chi connectivity index (χ2n) is 5.14.